The summed E-state index contributed by atoms with van der Waals surface area (Å²) in [6.45, 7) is 6.28. The number of hydrogen-bond acceptors (Lipinski definition) is 4. The Morgan fingerprint density at radius 1 is 0.962 bits per heavy atom. The predicted octanol–water partition coefficient (Wildman–Crippen LogP) is 2.26. The number of aryl methyl sites for hydroxylation is 1. The third-order valence-corrected chi connectivity index (χ3v) is 6.40. The highest BCUT2D eigenvalue weighted by molar-refractivity contribution is 7.89. The van der Waals surface area contributed by atoms with Gasteiger partial charge in [-0.1, -0.05) is 48.0 Å². The van der Waals surface area contributed by atoms with Gasteiger partial charge in [-0.15, -0.1) is 0 Å². The molecule has 2 aromatic rings. The van der Waals surface area contributed by atoms with E-state index in [0.717, 1.165) is 31.7 Å². The van der Waals surface area contributed by atoms with Gasteiger partial charge >= 0.3 is 0 Å². The molecule has 26 heavy (non-hydrogen) atoms. The lowest BCUT2D eigenvalue weighted by Crippen LogP contribution is -2.48. The Morgan fingerprint density at radius 3 is 2.19 bits per heavy atom. The second-order valence-corrected chi connectivity index (χ2v) is 8.70. The summed E-state index contributed by atoms with van der Waals surface area (Å²) < 4.78 is 28.1. The molecule has 1 saturated heterocycles. The fraction of sp³-hybridized carbons (Fsp3) is 0.400. The Balaban J connectivity index is 1.78. The van der Waals surface area contributed by atoms with E-state index >= 15 is 0 Å². The van der Waals surface area contributed by atoms with Crippen molar-refractivity contribution < 1.29 is 8.42 Å². The molecule has 2 aromatic carbocycles. The van der Waals surface area contributed by atoms with Crippen LogP contribution in [0.2, 0.25) is 0 Å². The molecule has 5 nitrogen and oxygen atoms in total. The summed E-state index contributed by atoms with van der Waals surface area (Å²) in [7, 11) is -1.39. The lowest BCUT2D eigenvalue weighted by atomic mass is 10.0. The van der Waals surface area contributed by atoms with Crippen LogP contribution in [0.15, 0.2) is 59.5 Å². The van der Waals surface area contributed by atoms with Crippen LogP contribution in [0.1, 0.15) is 17.2 Å². The van der Waals surface area contributed by atoms with Crippen LogP contribution in [0, 0.1) is 6.92 Å². The van der Waals surface area contributed by atoms with Crippen molar-refractivity contribution in [3.63, 3.8) is 0 Å². The maximum atomic E-state index is 12.6. The van der Waals surface area contributed by atoms with Crippen molar-refractivity contribution in [3.8, 4) is 0 Å². The number of benzene rings is 2. The largest absolute Gasteiger partial charge is 0.304 e. The molecule has 1 aliphatic heterocycles. The van der Waals surface area contributed by atoms with Gasteiger partial charge in [0.05, 0.1) is 4.90 Å². The molecule has 1 aliphatic rings. The highest BCUT2D eigenvalue weighted by Crippen LogP contribution is 2.23. The van der Waals surface area contributed by atoms with Gasteiger partial charge in [-0.3, -0.25) is 4.90 Å². The third-order valence-electron chi connectivity index (χ3n) is 4.96. The molecular formula is C20H27N3O2S. The Bertz CT molecular complexity index is 799. The van der Waals surface area contributed by atoms with E-state index in [1.54, 1.807) is 24.3 Å². The van der Waals surface area contributed by atoms with Crippen LogP contribution >= 0.6 is 0 Å². The second-order valence-electron chi connectivity index (χ2n) is 6.93. The first kappa shape index (κ1) is 19.0. The molecule has 3 rings (SSSR count). The number of rotatable bonds is 6. The zero-order chi connectivity index (χ0) is 18.6. The summed E-state index contributed by atoms with van der Waals surface area (Å²) in [6, 6.07) is 17.0. The molecule has 0 unspecified atom stereocenters. The van der Waals surface area contributed by atoms with Crippen molar-refractivity contribution in [1.82, 2.24) is 14.5 Å². The van der Waals surface area contributed by atoms with Crippen LogP contribution < -0.4 is 4.72 Å². The Kier molecular flexibility index (Phi) is 6.09. The number of likely N-dealkylation sites (N-methyl/N-ethyl adjacent to an activating group) is 1. The van der Waals surface area contributed by atoms with Crippen molar-refractivity contribution in [2.24, 2.45) is 0 Å². The summed E-state index contributed by atoms with van der Waals surface area (Å²) in [6.07, 6.45) is 0. The van der Waals surface area contributed by atoms with Crippen molar-refractivity contribution in [2.45, 2.75) is 17.9 Å². The maximum absolute atomic E-state index is 12.6. The Hall–Kier alpha value is -1.73. The molecule has 1 fully saturated rings. The zero-order valence-electron chi connectivity index (χ0n) is 15.4. The minimum Gasteiger partial charge on any atom is -0.304 e. The van der Waals surface area contributed by atoms with Gasteiger partial charge in [0.2, 0.25) is 10.0 Å². The quantitative estimate of drug-likeness (QED) is 0.844. The first-order chi connectivity index (χ1) is 12.5. The topological polar surface area (TPSA) is 52.7 Å². The molecular weight excluding hydrogens is 346 g/mol. The lowest BCUT2D eigenvalue weighted by molar-refractivity contribution is 0.113. The number of piperazine rings is 1. The van der Waals surface area contributed by atoms with E-state index in [0.29, 0.717) is 11.4 Å². The van der Waals surface area contributed by atoms with Crippen LogP contribution in [0.4, 0.5) is 0 Å². The predicted molar refractivity (Wildman–Crippen MR) is 105 cm³/mol. The smallest absolute Gasteiger partial charge is 0.240 e. The van der Waals surface area contributed by atoms with Gasteiger partial charge in [0.1, 0.15) is 0 Å². The van der Waals surface area contributed by atoms with Gasteiger partial charge in [-0.2, -0.15) is 0 Å². The molecule has 1 atom stereocenters. The van der Waals surface area contributed by atoms with Gasteiger partial charge in [-0.05, 0) is 31.7 Å². The van der Waals surface area contributed by atoms with Crippen LogP contribution in [0.3, 0.4) is 0 Å². The van der Waals surface area contributed by atoms with Gasteiger partial charge < -0.3 is 4.90 Å². The molecule has 0 amide bonds. The minimum absolute atomic E-state index is 0.0304. The average Bonchev–Trinajstić information content (AvgIpc) is 2.65. The summed E-state index contributed by atoms with van der Waals surface area (Å²) in [5.41, 5.74) is 2.35. The summed E-state index contributed by atoms with van der Waals surface area (Å²) in [4.78, 5) is 4.98. The monoisotopic (exact) mass is 373 g/mol. The molecule has 0 aromatic heterocycles. The van der Waals surface area contributed by atoms with Crippen molar-refractivity contribution in [2.75, 3.05) is 39.8 Å². The number of nitrogens with zero attached hydrogens (tertiary/aromatic N) is 2. The molecule has 1 heterocycles. The number of nitrogens with one attached hydrogen (secondary N) is 1. The maximum Gasteiger partial charge on any atom is 0.240 e. The number of sulfonamides is 1. The van der Waals surface area contributed by atoms with Crippen molar-refractivity contribution in [1.29, 1.82) is 0 Å². The Labute approximate surface area is 156 Å². The van der Waals surface area contributed by atoms with Crippen LogP contribution in [-0.4, -0.2) is 58.0 Å². The second kappa shape index (κ2) is 8.31. The van der Waals surface area contributed by atoms with Crippen LogP contribution in [0.25, 0.3) is 0 Å². The minimum atomic E-state index is -3.51. The fourth-order valence-electron chi connectivity index (χ4n) is 3.25. The SMILES string of the molecule is Cc1ccc([C@@H](CNS(=O)(=O)c2ccccc2)N2CCN(C)CC2)cc1. The molecule has 0 saturated carbocycles. The van der Waals surface area contributed by atoms with Crippen LogP contribution in [0.5, 0.6) is 0 Å². The van der Waals surface area contributed by atoms with Crippen molar-refractivity contribution >= 4 is 10.0 Å². The first-order valence-electron chi connectivity index (χ1n) is 8.99. The van der Waals surface area contributed by atoms with E-state index < -0.39 is 10.0 Å². The van der Waals surface area contributed by atoms with E-state index in [1.165, 1.54) is 5.56 Å². The average molecular weight is 374 g/mol. The van der Waals surface area contributed by atoms with E-state index in [-0.39, 0.29) is 6.04 Å². The molecule has 0 aliphatic carbocycles. The molecule has 0 spiro atoms. The summed E-state index contributed by atoms with van der Waals surface area (Å²) in [5.74, 6) is 0. The number of hydrogen-bond donors (Lipinski definition) is 1. The van der Waals surface area contributed by atoms with E-state index in [4.69, 9.17) is 0 Å². The zero-order valence-corrected chi connectivity index (χ0v) is 16.2. The van der Waals surface area contributed by atoms with Gasteiger partial charge in [-0.25, -0.2) is 13.1 Å². The van der Waals surface area contributed by atoms with Gasteiger partial charge in [0.25, 0.3) is 0 Å². The van der Waals surface area contributed by atoms with Gasteiger partial charge in [0.15, 0.2) is 0 Å². The highest BCUT2D eigenvalue weighted by atomic mass is 32.2. The molecule has 1 N–H and O–H groups in total. The highest BCUT2D eigenvalue weighted by Gasteiger charge is 2.25. The van der Waals surface area contributed by atoms with E-state index in [9.17, 15) is 8.42 Å². The standard InChI is InChI=1S/C20H27N3O2S/c1-17-8-10-18(11-9-17)20(23-14-12-22(2)13-15-23)16-21-26(24,25)19-6-4-3-5-7-19/h3-11,20-21H,12-16H2,1-2H3/t20-/m1/s1. The third kappa shape index (κ3) is 4.71. The summed E-state index contributed by atoms with van der Waals surface area (Å²) in [5, 5.41) is 0. The Morgan fingerprint density at radius 2 is 1.58 bits per heavy atom. The molecule has 0 bridgehead atoms. The molecule has 140 valence electrons. The van der Waals surface area contributed by atoms with E-state index in [1.807, 2.05) is 6.07 Å². The van der Waals surface area contributed by atoms with Crippen molar-refractivity contribution in [3.05, 3.63) is 65.7 Å². The molecule has 6 heteroatoms. The lowest BCUT2D eigenvalue weighted by Gasteiger charge is -2.38. The molecule has 0 radical (unpaired) electrons. The van der Waals surface area contributed by atoms with E-state index in [2.05, 4.69) is 52.8 Å². The fourth-order valence-corrected chi connectivity index (χ4v) is 4.31. The summed E-state index contributed by atoms with van der Waals surface area (Å²) >= 11 is 0. The first-order valence-corrected chi connectivity index (χ1v) is 10.5. The normalized spacial score (nSPS) is 17.9. The van der Waals surface area contributed by atoms with Crippen LogP contribution in [-0.2, 0) is 10.0 Å². The van der Waals surface area contributed by atoms with Gasteiger partial charge in [0, 0.05) is 38.8 Å².